The molecule has 0 atom stereocenters. The van der Waals surface area contributed by atoms with Crippen LogP contribution in [-0.4, -0.2) is 41.7 Å². The van der Waals surface area contributed by atoms with E-state index in [1.165, 1.54) is 0 Å². The largest absolute Gasteiger partial charge is 0.483 e. The number of hydrogen-bond acceptors (Lipinski definition) is 3. The molecule has 0 aliphatic rings. The molecule has 112 valence electrons. The smallest absolute Gasteiger partial charge is 0.260 e. The fraction of sp³-hybridized carbons (Fsp3) is 0.562. The third-order valence-corrected chi connectivity index (χ3v) is 3.41. The van der Waals surface area contributed by atoms with Crippen molar-refractivity contribution in [2.75, 3.05) is 19.8 Å². The zero-order chi connectivity index (χ0) is 15.1. The summed E-state index contributed by atoms with van der Waals surface area (Å²) in [6.07, 6.45) is 0.591. The Bertz CT molecular complexity index is 443. The lowest BCUT2D eigenvalue weighted by molar-refractivity contribution is -0.135. The Morgan fingerprint density at radius 2 is 2.05 bits per heavy atom. The van der Waals surface area contributed by atoms with Crippen molar-refractivity contribution in [1.82, 2.24) is 4.90 Å². The molecule has 0 saturated carbocycles. The van der Waals surface area contributed by atoms with E-state index in [1.807, 2.05) is 45.9 Å². The van der Waals surface area contributed by atoms with Crippen molar-refractivity contribution >= 4 is 5.91 Å². The molecular formula is C16H25NO3. The predicted molar refractivity (Wildman–Crippen MR) is 80.0 cm³/mol. The molecule has 0 fully saturated rings. The molecule has 20 heavy (non-hydrogen) atoms. The minimum Gasteiger partial charge on any atom is -0.483 e. The second-order valence-corrected chi connectivity index (χ2v) is 5.24. The number of rotatable bonds is 7. The van der Waals surface area contributed by atoms with Gasteiger partial charge < -0.3 is 14.7 Å². The first kappa shape index (κ1) is 16.5. The normalized spacial score (nSPS) is 10.7. The Balaban J connectivity index is 2.62. The zero-order valence-corrected chi connectivity index (χ0v) is 12.8. The first-order valence-corrected chi connectivity index (χ1v) is 7.06. The Hall–Kier alpha value is -1.55. The van der Waals surface area contributed by atoms with Gasteiger partial charge in [-0.05, 0) is 51.3 Å². The van der Waals surface area contributed by atoms with Gasteiger partial charge in [-0.3, -0.25) is 4.79 Å². The number of carbonyl (C=O) groups excluding carboxylic acids is 1. The molecule has 0 unspecified atom stereocenters. The van der Waals surface area contributed by atoms with Crippen molar-refractivity contribution in [3.8, 4) is 5.75 Å². The van der Waals surface area contributed by atoms with Gasteiger partial charge in [0.25, 0.3) is 5.91 Å². The van der Waals surface area contributed by atoms with Gasteiger partial charge in [-0.1, -0.05) is 12.1 Å². The molecule has 1 N–H and O–H groups in total. The number of benzene rings is 1. The molecule has 1 aromatic carbocycles. The van der Waals surface area contributed by atoms with Gasteiger partial charge in [0.1, 0.15) is 5.75 Å². The minimum atomic E-state index is -0.0469. The first-order valence-electron chi connectivity index (χ1n) is 7.06. The van der Waals surface area contributed by atoms with Crippen LogP contribution in [0.3, 0.4) is 0 Å². The molecule has 0 aromatic heterocycles. The molecule has 0 heterocycles. The van der Waals surface area contributed by atoms with Crippen LogP contribution in [0.25, 0.3) is 0 Å². The summed E-state index contributed by atoms with van der Waals surface area (Å²) in [6, 6.07) is 5.93. The van der Waals surface area contributed by atoms with Gasteiger partial charge in [-0.15, -0.1) is 0 Å². The van der Waals surface area contributed by atoms with E-state index in [4.69, 9.17) is 9.84 Å². The fourth-order valence-corrected chi connectivity index (χ4v) is 2.01. The summed E-state index contributed by atoms with van der Waals surface area (Å²) >= 11 is 0. The number of amides is 1. The van der Waals surface area contributed by atoms with Gasteiger partial charge in [0.05, 0.1) is 0 Å². The van der Waals surface area contributed by atoms with Crippen LogP contribution < -0.4 is 4.74 Å². The summed E-state index contributed by atoms with van der Waals surface area (Å²) in [4.78, 5) is 13.9. The molecule has 1 aromatic rings. The number of hydrogen-bond donors (Lipinski definition) is 1. The molecule has 0 radical (unpaired) electrons. The lowest BCUT2D eigenvalue weighted by atomic mass is 10.1. The Kier molecular flexibility index (Phi) is 6.52. The molecule has 0 spiro atoms. The van der Waals surface area contributed by atoms with Crippen LogP contribution in [0.15, 0.2) is 18.2 Å². The molecule has 4 nitrogen and oxygen atoms in total. The van der Waals surface area contributed by atoms with Crippen molar-refractivity contribution in [1.29, 1.82) is 0 Å². The minimum absolute atomic E-state index is 0.0356. The molecule has 0 bridgehead atoms. The van der Waals surface area contributed by atoms with Crippen LogP contribution in [0, 0.1) is 13.8 Å². The van der Waals surface area contributed by atoms with Gasteiger partial charge in [0.2, 0.25) is 0 Å². The Morgan fingerprint density at radius 1 is 1.35 bits per heavy atom. The van der Waals surface area contributed by atoms with E-state index in [9.17, 15) is 4.79 Å². The van der Waals surface area contributed by atoms with Crippen LogP contribution >= 0.6 is 0 Å². The summed E-state index contributed by atoms with van der Waals surface area (Å²) in [5.74, 6) is 0.707. The van der Waals surface area contributed by atoms with Crippen LogP contribution in [-0.2, 0) is 4.79 Å². The van der Waals surface area contributed by atoms with Gasteiger partial charge in [0.15, 0.2) is 6.61 Å². The van der Waals surface area contributed by atoms with Crippen LogP contribution in [0.5, 0.6) is 5.75 Å². The molecule has 1 amide bonds. The molecule has 0 saturated heterocycles. The van der Waals surface area contributed by atoms with Crippen LogP contribution in [0.2, 0.25) is 0 Å². The van der Waals surface area contributed by atoms with Gasteiger partial charge in [-0.25, -0.2) is 0 Å². The summed E-state index contributed by atoms with van der Waals surface area (Å²) in [5, 5.41) is 8.88. The maximum absolute atomic E-state index is 12.2. The van der Waals surface area contributed by atoms with E-state index >= 15 is 0 Å². The third kappa shape index (κ3) is 4.53. The zero-order valence-electron chi connectivity index (χ0n) is 12.8. The molecule has 0 aliphatic carbocycles. The highest BCUT2D eigenvalue weighted by Crippen LogP contribution is 2.20. The van der Waals surface area contributed by atoms with E-state index in [1.54, 1.807) is 4.90 Å². The second-order valence-electron chi connectivity index (χ2n) is 5.24. The molecule has 1 rings (SSSR count). The summed E-state index contributed by atoms with van der Waals surface area (Å²) in [6.45, 7) is 8.62. The van der Waals surface area contributed by atoms with Gasteiger partial charge >= 0.3 is 0 Å². The fourth-order valence-electron chi connectivity index (χ4n) is 2.01. The topological polar surface area (TPSA) is 49.8 Å². The van der Waals surface area contributed by atoms with E-state index in [0.717, 1.165) is 16.9 Å². The van der Waals surface area contributed by atoms with Gasteiger partial charge in [0, 0.05) is 19.2 Å². The lowest BCUT2D eigenvalue weighted by Crippen LogP contribution is -2.40. The van der Waals surface area contributed by atoms with Gasteiger partial charge in [-0.2, -0.15) is 0 Å². The van der Waals surface area contributed by atoms with Crippen LogP contribution in [0.1, 0.15) is 31.4 Å². The number of aliphatic hydroxyl groups excluding tert-OH is 1. The third-order valence-electron chi connectivity index (χ3n) is 3.41. The highest BCUT2D eigenvalue weighted by atomic mass is 16.5. The molecule has 4 heteroatoms. The number of nitrogens with zero attached hydrogens (tertiary/aromatic N) is 1. The number of aliphatic hydroxyl groups is 1. The number of aryl methyl sites for hydroxylation is 1. The lowest BCUT2D eigenvalue weighted by Gasteiger charge is -2.26. The van der Waals surface area contributed by atoms with Crippen molar-refractivity contribution in [3.05, 3.63) is 29.3 Å². The quantitative estimate of drug-likeness (QED) is 0.833. The van der Waals surface area contributed by atoms with E-state index in [-0.39, 0.29) is 25.2 Å². The van der Waals surface area contributed by atoms with E-state index in [2.05, 4.69) is 0 Å². The summed E-state index contributed by atoms with van der Waals surface area (Å²) < 4.78 is 5.64. The average Bonchev–Trinajstić information content (AvgIpc) is 2.40. The summed E-state index contributed by atoms with van der Waals surface area (Å²) in [7, 11) is 0. The maximum atomic E-state index is 12.2. The average molecular weight is 279 g/mol. The van der Waals surface area contributed by atoms with Crippen molar-refractivity contribution in [2.45, 2.75) is 40.2 Å². The van der Waals surface area contributed by atoms with Crippen molar-refractivity contribution in [2.24, 2.45) is 0 Å². The van der Waals surface area contributed by atoms with Crippen molar-refractivity contribution in [3.63, 3.8) is 0 Å². The Labute approximate surface area is 121 Å². The maximum Gasteiger partial charge on any atom is 0.260 e. The predicted octanol–water partition coefficient (Wildman–Crippen LogP) is 2.30. The first-order chi connectivity index (χ1) is 9.47. The van der Waals surface area contributed by atoms with E-state index < -0.39 is 0 Å². The number of carbonyl (C=O) groups is 1. The SMILES string of the molecule is Cc1cccc(OCC(=O)N(CCCO)C(C)C)c1C. The van der Waals surface area contributed by atoms with Crippen molar-refractivity contribution < 1.29 is 14.6 Å². The Morgan fingerprint density at radius 3 is 2.65 bits per heavy atom. The second kappa shape index (κ2) is 7.90. The van der Waals surface area contributed by atoms with Crippen LogP contribution in [0.4, 0.5) is 0 Å². The van der Waals surface area contributed by atoms with E-state index in [0.29, 0.717) is 13.0 Å². The number of ether oxygens (including phenoxy) is 1. The standard InChI is InChI=1S/C16H25NO3/c1-12(2)17(9-6-10-18)16(19)11-20-15-8-5-7-13(3)14(15)4/h5,7-8,12,18H,6,9-11H2,1-4H3. The monoisotopic (exact) mass is 279 g/mol. The highest BCUT2D eigenvalue weighted by molar-refractivity contribution is 5.78. The summed E-state index contributed by atoms with van der Waals surface area (Å²) in [5.41, 5.74) is 2.21. The highest BCUT2D eigenvalue weighted by Gasteiger charge is 2.17. The molecular weight excluding hydrogens is 254 g/mol. The molecule has 0 aliphatic heterocycles.